The van der Waals surface area contributed by atoms with Gasteiger partial charge < -0.3 is 0 Å². The van der Waals surface area contributed by atoms with E-state index in [9.17, 15) is 9.59 Å². The van der Waals surface area contributed by atoms with E-state index in [1.54, 1.807) is 0 Å². The molecule has 0 fully saturated rings. The third-order valence-electron chi connectivity index (χ3n) is 1.23. The van der Waals surface area contributed by atoms with Crippen molar-refractivity contribution in [1.29, 1.82) is 0 Å². The maximum atomic E-state index is 10.9. The summed E-state index contributed by atoms with van der Waals surface area (Å²) in [5.74, 6) is -0.535. The Kier molecular flexibility index (Phi) is 1.89. The Morgan fingerprint density at radius 1 is 1.27 bits per heavy atom. The zero-order chi connectivity index (χ0) is 8.43. The summed E-state index contributed by atoms with van der Waals surface area (Å²) >= 11 is 0. The first-order chi connectivity index (χ1) is 5.11. The Morgan fingerprint density at radius 2 is 1.73 bits per heavy atom. The van der Waals surface area contributed by atoms with E-state index in [2.05, 4.69) is 0 Å². The quantitative estimate of drug-likeness (QED) is 0.520. The molecule has 0 saturated carbocycles. The molecule has 2 amide bonds. The van der Waals surface area contributed by atoms with Crippen LogP contribution in [0.3, 0.4) is 0 Å². The van der Waals surface area contributed by atoms with Crippen molar-refractivity contribution >= 4 is 11.8 Å². The van der Waals surface area contributed by atoms with Gasteiger partial charge in [0.05, 0.1) is 0 Å². The van der Waals surface area contributed by atoms with Crippen LogP contribution >= 0.6 is 0 Å². The van der Waals surface area contributed by atoms with Crippen LogP contribution < -0.4 is 0 Å². The summed E-state index contributed by atoms with van der Waals surface area (Å²) in [5, 5.41) is 0. The van der Waals surface area contributed by atoms with Crippen LogP contribution in [0.5, 0.6) is 0 Å². The van der Waals surface area contributed by atoms with Crippen molar-refractivity contribution in [2.45, 2.75) is 13.8 Å². The van der Waals surface area contributed by atoms with Crippen LogP contribution in [0.4, 0.5) is 0 Å². The van der Waals surface area contributed by atoms with Crippen molar-refractivity contribution in [2.24, 2.45) is 0 Å². The molecule has 1 rings (SSSR count). The highest BCUT2D eigenvalue weighted by Gasteiger charge is 2.20. The number of carbonyl (C=O) groups is 2. The van der Waals surface area contributed by atoms with Crippen molar-refractivity contribution in [3.8, 4) is 0 Å². The lowest BCUT2D eigenvalue weighted by atomic mass is 10.4. The van der Waals surface area contributed by atoms with Gasteiger partial charge in [0.15, 0.2) is 0 Å². The smallest absolute Gasteiger partial charge is 0.257 e. The van der Waals surface area contributed by atoms with E-state index in [0.29, 0.717) is 0 Å². The molecule has 3 nitrogen and oxygen atoms in total. The summed E-state index contributed by atoms with van der Waals surface area (Å²) in [7, 11) is 0. The fraction of sp³-hybridized carbons (Fsp3) is 0.250. The van der Waals surface area contributed by atoms with Crippen molar-refractivity contribution < 1.29 is 9.59 Å². The number of nitrogens with zero attached hydrogens (tertiary/aromatic N) is 1. The molecule has 0 aromatic carbocycles. The summed E-state index contributed by atoms with van der Waals surface area (Å²) in [5.41, 5.74) is 0.926. The Bertz CT molecular complexity index is 241. The van der Waals surface area contributed by atoms with E-state index in [4.69, 9.17) is 0 Å². The molecule has 0 atom stereocenters. The van der Waals surface area contributed by atoms with E-state index < -0.39 is 0 Å². The van der Waals surface area contributed by atoms with Crippen LogP contribution in [-0.4, -0.2) is 16.7 Å². The molecule has 0 spiro atoms. The third kappa shape index (κ3) is 1.55. The van der Waals surface area contributed by atoms with Gasteiger partial charge in [-0.15, -0.1) is 0 Å². The first-order valence-electron chi connectivity index (χ1n) is 3.31. The van der Waals surface area contributed by atoms with Gasteiger partial charge in [-0.2, -0.15) is 0 Å². The van der Waals surface area contributed by atoms with Gasteiger partial charge >= 0.3 is 0 Å². The molecule has 0 aromatic heterocycles. The predicted octanol–water partition coefficient (Wildman–Crippen LogP) is 0.835. The van der Waals surface area contributed by atoms with Crippen molar-refractivity contribution in [3.63, 3.8) is 0 Å². The molecule has 0 saturated heterocycles. The average Bonchev–Trinajstić information content (AvgIpc) is 2.18. The highest BCUT2D eigenvalue weighted by molar-refractivity contribution is 6.13. The van der Waals surface area contributed by atoms with Gasteiger partial charge in [0, 0.05) is 18.4 Å². The second kappa shape index (κ2) is 2.70. The topological polar surface area (TPSA) is 37.4 Å². The number of allylic oxidation sites excluding steroid dienone is 1. The van der Waals surface area contributed by atoms with Crippen molar-refractivity contribution in [2.75, 3.05) is 0 Å². The van der Waals surface area contributed by atoms with Gasteiger partial charge in [0.1, 0.15) is 0 Å². The average molecular weight is 151 g/mol. The van der Waals surface area contributed by atoms with E-state index in [1.807, 2.05) is 13.8 Å². The molecule has 1 aliphatic rings. The zero-order valence-corrected chi connectivity index (χ0v) is 6.50. The monoisotopic (exact) mass is 151 g/mol. The van der Waals surface area contributed by atoms with Crippen molar-refractivity contribution in [3.05, 3.63) is 23.9 Å². The highest BCUT2D eigenvalue weighted by atomic mass is 16.2. The summed E-state index contributed by atoms with van der Waals surface area (Å²) in [6.45, 7) is 3.66. The molecule has 0 aromatic rings. The van der Waals surface area contributed by atoms with E-state index in [1.165, 1.54) is 18.4 Å². The molecule has 1 aliphatic heterocycles. The Labute approximate surface area is 65.0 Å². The highest BCUT2D eigenvalue weighted by Crippen LogP contribution is 2.05. The fourth-order valence-electron chi connectivity index (χ4n) is 0.797. The van der Waals surface area contributed by atoms with Crippen LogP contribution in [0, 0.1) is 0 Å². The lowest BCUT2D eigenvalue weighted by Gasteiger charge is -2.06. The van der Waals surface area contributed by atoms with Crippen LogP contribution in [-0.2, 0) is 9.59 Å². The minimum absolute atomic E-state index is 0.267. The Balaban J connectivity index is 2.83. The normalized spacial score (nSPS) is 16.0. The van der Waals surface area contributed by atoms with Gasteiger partial charge in [-0.25, -0.2) is 0 Å². The first kappa shape index (κ1) is 7.72. The summed E-state index contributed by atoms with van der Waals surface area (Å²) in [6.07, 6.45) is 4.06. The molecule has 0 bridgehead atoms. The van der Waals surface area contributed by atoms with Gasteiger partial charge in [0.2, 0.25) is 0 Å². The molecule has 0 radical (unpaired) electrons. The van der Waals surface area contributed by atoms with Crippen molar-refractivity contribution in [1.82, 2.24) is 4.90 Å². The standard InChI is InChI=1S/C8H9NO2/c1-6(2)5-9-7(10)3-4-8(9)11/h3-5H,1-2H3. The molecule has 11 heavy (non-hydrogen) atoms. The lowest BCUT2D eigenvalue weighted by molar-refractivity contribution is -0.133. The van der Waals surface area contributed by atoms with Gasteiger partial charge in [0.25, 0.3) is 11.8 Å². The maximum Gasteiger partial charge on any atom is 0.257 e. The summed E-state index contributed by atoms with van der Waals surface area (Å²) in [4.78, 5) is 22.9. The van der Waals surface area contributed by atoms with E-state index in [-0.39, 0.29) is 11.8 Å². The predicted molar refractivity (Wildman–Crippen MR) is 40.4 cm³/mol. The third-order valence-corrected chi connectivity index (χ3v) is 1.23. The molecule has 58 valence electrons. The lowest BCUT2D eigenvalue weighted by Crippen LogP contribution is -2.23. The summed E-state index contributed by atoms with van der Waals surface area (Å²) in [6, 6.07) is 0. The van der Waals surface area contributed by atoms with E-state index >= 15 is 0 Å². The van der Waals surface area contributed by atoms with Crippen LogP contribution in [0.2, 0.25) is 0 Å². The number of hydrogen-bond acceptors (Lipinski definition) is 2. The molecule has 1 heterocycles. The first-order valence-corrected chi connectivity index (χ1v) is 3.31. The van der Waals surface area contributed by atoms with Crippen LogP contribution in [0.15, 0.2) is 23.9 Å². The fourth-order valence-corrected chi connectivity index (χ4v) is 0.797. The maximum absolute atomic E-state index is 10.9. The largest absolute Gasteiger partial charge is 0.269 e. The number of carbonyl (C=O) groups excluding carboxylic acids is 2. The molecule has 0 aliphatic carbocycles. The number of rotatable bonds is 1. The Hall–Kier alpha value is -1.38. The molecule has 0 unspecified atom stereocenters. The van der Waals surface area contributed by atoms with Gasteiger partial charge in [-0.3, -0.25) is 14.5 Å². The number of hydrogen-bond donors (Lipinski definition) is 0. The minimum Gasteiger partial charge on any atom is -0.269 e. The second-order valence-corrected chi connectivity index (χ2v) is 2.59. The number of imide groups is 1. The minimum atomic E-state index is -0.267. The molecular weight excluding hydrogens is 142 g/mol. The molecule has 3 heteroatoms. The summed E-state index contributed by atoms with van der Waals surface area (Å²) < 4.78 is 0. The second-order valence-electron chi connectivity index (χ2n) is 2.59. The number of amides is 2. The van der Waals surface area contributed by atoms with E-state index in [0.717, 1.165) is 10.5 Å². The van der Waals surface area contributed by atoms with Crippen LogP contribution in [0.1, 0.15) is 13.8 Å². The SMILES string of the molecule is CC(C)=CN1C(=O)C=CC1=O. The molecular formula is C8H9NO2. The van der Waals surface area contributed by atoms with Gasteiger partial charge in [-0.1, -0.05) is 5.57 Å². The zero-order valence-electron chi connectivity index (χ0n) is 6.50. The Morgan fingerprint density at radius 3 is 2.09 bits per heavy atom. The molecule has 0 N–H and O–H groups in total. The van der Waals surface area contributed by atoms with Gasteiger partial charge in [-0.05, 0) is 13.8 Å². The van der Waals surface area contributed by atoms with Crippen LogP contribution in [0.25, 0.3) is 0 Å².